The van der Waals surface area contributed by atoms with E-state index < -0.39 is 85.0 Å². The highest BCUT2D eigenvalue weighted by Crippen LogP contribution is 2.57. The van der Waals surface area contributed by atoms with E-state index in [1.807, 2.05) is 0 Å². The van der Waals surface area contributed by atoms with Gasteiger partial charge in [0.25, 0.3) is 0 Å². The van der Waals surface area contributed by atoms with Crippen LogP contribution < -0.4 is 10.2 Å². The minimum atomic E-state index is -6.20. The number of amides is 4. The Labute approximate surface area is 304 Å². The third-order valence-electron chi connectivity index (χ3n) is 8.98. The summed E-state index contributed by atoms with van der Waals surface area (Å²) in [5.41, 5.74) is -2.59. The molecule has 4 amide bonds. The number of phosphoric acid groups is 1. The molecule has 1 N–H and O–H groups in total. The minimum Gasteiger partial charge on any atom is -0.339 e. The van der Waals surface area contributed by atoms with Crippen LogP contribution in [0.25, 0.3) is 0 Å². The molecule has 1 aromatic rings. The molecule has 0 bridgehead atoms. The molecule has 0 radical (unpaired) electrons. The maximum atomic E-state index is 14.4. The van der Waals surface area contributed by atoms with Gasteiger partial charge in [-0.1, -0.05) is 31.0 Å². The van der Waals surface area contributed by atoms with Crippen molar-refractivity contribution in [1.29, 1.82) is 5.26 Å². The van der Waals surface area contributed by atoms with Crippen molar-refractivity contribution in [2.24, 2.45) is 5.92 Å². The number of para-hydroxylation sites is 1. The van der Waals surface area contributed by atoms with Gasteiger partial charge in [0.1, 0.15) is 24.9 Å². The van der Waals surface area contributed by atoms with E-state index in [0.29, 0.717) is 24.1 Å². The summed E-state index contributed by atoms with van der Waals surface area (Å²) in [5, 5.41) is 11.6. The zero-order valence-electron chi connectivity index (χ0n) is 30.8. The number of carbonyl (C=O) groups excluding carboxylic acids is 4. The van der Waals surface area contributed by atoms with E-state index >= 15 is 0 Å². The highest BCUT2D eigenvalue weighted by molar-refractivity contribution is 7.48. The summed E-state index contributed by atoms with van der Waals surface area (Å²) < 4.78 is 96.5. The first-order valence-electron chi connectivity index (χ1n) is 17.0. The average molecular weight is 778 g/mol. The van der Waals surface area contributed by atoms with Crippen LogP contribution in [0.3, 0.4) is 0 Å². The second-order valence-corrected chi connectivity index (χ2v) is 17.2. The molecular formula is C34H45F5N5O8P. The fourth-order valence-corrected chi connectivity index (χ4v) is 8.16. The predicted molar refractivity (Wildman–Crippen MR) is 179 cm³/mol. The molecule has 53 heavy (non-hydrogen) atoms. The second-order valence-electron chi connectivity index (χ2n) is 15.7. The van der Waals surface area contributed by atoms with Gasteiger partial charge < -0.3 is 15.1 Å². The molecule has 2 heterocycles. The molecule has 2 aliphatic heterocycles. The normalized spacial score (nSPS) is 22.0. The van der Waals surface area contributed by atoms with Crippen LogP contribution in [0.15, 0.2) is 24.3 Å². The summed E-state index contributed by atoms with van der Waals surface area (Å²) in [5.74, 6) is -11.0. The Kier molecular flexibility index (Phi) is 11.5. The average Bonchev–Trinajstić information content (AvgIpc) is 3.71. The number of benzene rings is 1. The first-order valence-corrected chi connectivity index (χ1v) is 18.4. The number of phosphoric ester groups is 1. The number of anilines is 1. The van der Waals surface area contributed by atoms with Gasteiger partial charge in [-0.2, -0.15) is 27.2 Å². The van der Waals surface area contributed by atoms with Crippen LogP contribution >= 0.6 is 7.82 Å². The second kappa shape index (κ2) is 14.5. The van der Waals surface area contributed by atoms with Gasteiger partial charge in [0, 0.05) is 20.0 Å². The maximum Gasteiger partial charge on any atom is 0.477 e. The maximum absolute atomic E-state index is 14.4. The van der Waals surface area contributed by atoms with Crippen molar-refractivity contribution < 1.29 is 59.3 Å². The summed E-state index contributed by atoms with van der Waals surface area (Å²) in [6, 6.07) is 4.28. The van der Waals surface area contributed by atoms with Crippen molar-refractivity contribution >= 4 is 37.1 Å². The predicted octanol–water partition coefficient (Wildman–Crippen LogP) is 5.44. The Morgan fingerprint density at radius 1 is 1.06 bits per heavy atom. The molecule has 0 aromatic heterocycles. The fourth-order valence-electron chi connectivity index (χ4n) is 6.42. The topological polar surface area (TPSA) is 159 Å². The number of hydrogen-bond donors (Lipinski definition) is 1. The van der Waals surface area contributed by atoms with E-state index in [-0.39, 0.29) is 25.3 Å². The number of halogens is 5. The lowest BCUT2D eigenvalue weighted by Crippen LogP contribution is -2.58. The molecule has 19 heteroatoms. The number of likely N-dealkylation sites (N-methyl/N-ethyl adjacent to an activating group) is 1. The Morgan fingerprint density at radius 3 is 2.13 bits per heavy atom. The summed E-state index contributed by atoms with van der Waals surface area (Å²) in [7, 11) is -3.14. The molecule has 1 saturated heterocycles. The quantitative estimate of drug-likeness (QED) is 0.216. The summed E-state index contributed by atoms with van der Waals surface area (Å²) in [4.78, 5) is 57.2. The molecule has 2 fully saturated rings. The van der Waals surface area contributed by atoms with Gasteiger partial charge in [0.05, 0.1) is 28.4 Å². The number of nitriles is 1. The third kappa shape index (κ3) is 9.01. The molecule has 294 valence electrons. The lowest BCUT2D eigenvalue weighted by atomic mass is 9.79. The molecule has 4 atom stereocenters. The van der Waals surface area contributed by atoms with Crippen LogP contribution in [0, 0.1) is 17.2 Å². The van der Waals surface area contributed by atoms with Gasteiger partial charge in [0.2, 0.25) is 17.7 Å². The first-order chi connectivity index (χ1) is 24.2. The fraction of sp³-hybridized carbons (Fsp3) is 0.676. The van der Waals surface area contributed by atoms with Crippen LogP contribution in [0.1, 0.15) is 79.7 Å². The highest BCUT2D eigenvalue weighted by Gasteiger charge is 2.64. The van der Waals surface area contributed by atoms with Crippen molar-refractivity contribution in [2.45, 2.75) is 121 Å². The molecule has 1 aromatic carbocycles. The van der Waals surface area contributed by atoms with Gasteiger partial charge in [-0.05, 0) is 72.4 Å². The standard InChI is InChI=1S/C34H45F5N5O8P/c1-20(41-28(47)33(35,36)34(37,38)39)26(45)42(8)25(15-21-13-14-21)27(46)43-18-32(16-22(43)17-40)23-11-9-10-12-24(23)44(29(32)48)19-50-53(49,51-30(2,3)4)52-31(5,6)7/h9-12,20-22,25H,13-16,18-19H2,1-8H3,(H,41,47)/t20-,22-,25-,32-/m0/s1. The molecule has 4 rings (SSSR count). The van der Waals surface area contributed by atoms with Crippen molar-refractivity contribution in [3.05, 3.63) is 29.8 Å². The molecule has 1 spiro atoms. The Balaban J connectivity index is 1.61. The van der Waals surface area contributed by atoms with Crippen LogP contribution in [0.2, 0.25) is 0 Å². The lowest BCUT2D eigenvalue weighted by Gasteiger charge is -2.34. The van der Waals surface area contributed by atoms with Gasteiger partial charge >= 0.3 is 25.8 Å². The Hall–Kier alpha value is -3.65. The van der Waals surface area contributed by atoms with Gasteiger partial charge in [-0.25, -0.2) is 4.57 Å². The molecule has 13 nitrogen and oxygen atoms in total. The lowest BCUT2D eigenvalue weighted by molar-refractivity contribution is -0.270. The van der Waals surface area contributed by atoms with E-state index in [1.165, 1.54) is 10.2 Å². The van der Waals surface area contributed by atoms with Gasteiger partial charge in [-0.3, -0.25) is 37.6 Å². The van der Waals surface area contributed by atoms with Crippen LogP contribution in [-0.2, 0) is 42.7 Å². The Morgan fingerprint density at radius 2 is 1.62 bits per heavy atom. The number of likely N-dealkylation sites (tertiary alicyclic amines) is 1. The zero-order chi connectivity index (χ0) is 40.1. The van der Waals surface area contributed by atoms with E-state index in [2.05, 4.69) is 6.07 Å². The Bertz CT molecular complexity index is 1680. The van der Waals surface area contributed by atoms with Gasteiger partial charge in [0.15, 0.2) is 0 Å². The van der Waals surface area contributed by atoms with Gasteiger partial charge in [-0.15, -0.1) is 0 Å². The number of nitrogens with zero attached hydrogens (tertiary/aromatic N) is 4. The summed E-state index contributed by atoms with van der Waals surface area (Å²) in [6.45, 7) is 9.91. The number of nitrogens with one attached hydrogen (secondary N) is 1. The SMILES string of the molecule is C[C@H](NC(=O)C(F)(F)C(F)(F)F)C(=O)N(C)[C@@H](CC1CC1)C(=O)N1C[C@]2(C[C@H]1C#N)C(=O)N(COP(=O)(OC(C)(C)C)OC(C)(C)C)c1ccccc12. The van der Waals surface area contributed by atoms with Crippen molar-refractivity contribution in [1.82, 2.24) is 15.1 Å². The third-order valence-corrected chi connectivity index (χ3v) is 11.0. The van der Waals surface area contributed by atoms with Crippen LogP contribution in [0.5, 0.6) is 0 Å². The molecular weight excluding hydrogens is 732 g/mol. The van der Waals surface area contributed by atoms with Crippen LogP contribution in [0.4, 0.5) is 27.6 Å². The number of rotatable bonds is 12. The molecule has 0 unspecified atom stereocenters. The van der Waals surface area contributed by atoms with Crippen molar-refractivity contribution in [3.63, 3.8) is 0 Å². The van der Waals surface area contributed by atoms with E-state index in [1.54, 1.807) is 65.8 Å². The summed E-state index contributed by atoms with van der Waals surface area (Å²) in [6.07, 6.45) is -4.90. The van der Waals surface area contributed by atoms with Crippen molar-refractivity contribution in [2.75, 3.05) is 25.2 Å². The zero-order valence-corrected chi connectivity index (χ0v) is 31.6. The molecule has 3 aliphatic rings. The monoisotopic (exact) mass is 777 g/mol. The first kappa shape index (κ1) is 42.1. The largest absolute Gasteiger partial charge is 0.477 e. The number of alkyl halides is 5. The smallest absolute Gasteiger partial charge is 0.339 e. The minimum absolute atomic E-state index is 0.0291. The number of fused-ring (bicyclic) bond motifs is 2. The van der Waals surface area contributed by atoms with Crippen molar-refractivity contribution in [3.8, 4) is 6.07 Å². The van der Waals surface area contributed by atoms with Crippen LogP contribution in [-0.4, -0.2) is 95.2 Å². The molecule has 1 aliphatic carbocycles. The van der Waals surface area contributed by atoms with E-state index in [9.17, 15) is 51.0 Å². The van der Waals surface area contributed by atoms with E-state index in [0.717, 1.165) is 23.8 Å². The summed E-state index contributed by atoms with van der Waals surface area (Å²) >= 11 is 0. The molecule has 1 saturated carbocycles. The van der Waals surface area contributed by atoms with E-state index in [4.69, 9.17) is 13.6 Å². The highest BCUT2D eigenvalue weighted by atomic mass is 31.2. The number of carbonyl (C=O) groups is 4. The number of hydrogen-bond acceptors (Lipinski definition) is 9.